The highest BCUT2D eigenvalue weighted by atomic mass is 16.2. The summed E-state index contributed by atoms with van der Waals surface area (Å²) in [5.74, 6) is -0.135. The van der Waals surface area contributed by atoms with Gasteiger partial charge in [-0.25, -0.2) is 0 Å². The molecule has 1 aromatic heterocycles. The predicted octanol–water partition coefficient (Wildman–Crippen LogP) is 2.27. The van der Waals surface area contributed by atoms with Crippen LogP contribution in [0.2, 0.25) is 0 Å². The summed E-state index contributed by atoms with van der Waals surface area (Å²) in [5, 5.41) is 9.53. The Morgan fingerprint density at radius 2 is 2.04 bits per heavy atom. The van der Waals surface area contributed by atoms with Crippen LogP contribution in [0.5, 0.6) is 0 Å². The summed E-state index contributed by atoms with van der Waals surface area (Å²) in [6, 6.07) is 12.6. The molecule has 2 aliphatic rings. The minimum Gasteiger partial charge on any atom is -0.346 e. The molecule has 1 aromatic carbocycles. The molecule has 0 unspecified atom stereocenters. The van der Waals surface area contributed by atoms with E-state index in [-0.39, 0.29) is 17.9 Å². The molecule has 2 aromatic rings. The summed E-state index contributed by atoms with van der Waals surface area (Å²) >= 11 is 0. The monoisotopic (exact) mass is 352 g/mol. The number of nitrogens with one attached hydrogen (secondary N) is 3. The smallest absolute Gasteiger partial charge is 0.268 e. The third-order valence-electron chi connectivity index (χ3n) is 5.45. The van der Waals surface area contributed by atoms with Gasteiger partial charge in [0.25, 0.3) is 5.91 Å². The maximum Gasteiger partial charge on any atom is 0.268 e. The van der Waals surface area contributed by atoms with Gasteiger partial charge in [0.15, 0.2) is 0 Å². The van der Waals surface area contributed by atoms with Crippen molar-refractivity contribution in [2.24, 2.45) is 7.05 Å². The van der Waals surface area contributed by atoms with Crippen LogP contribution in [0.25, 0.3) is 11.3 Å². The van der Waals surface area contributed by atoms with Crippen LogP contribution in [-0.4, -0.2) is 34.5 Å². The minimum absolute atomic E-state index is 0.0314. The molecule has 0 spiro atoms. The van der Waals surface area contributed by atoms with Crippen LogP contribution >= 0.6 is 0 Å². The van der Waals surface area contributed by atoms with E-state index >= 15 is 0 Å². The summed E-state index contributed by atoms with van der Waals surface area (Å²) < 4.78 is 1.91. The fourth-order valence-corrected chi connectivity index (χ4v) is 4.21. The number of anilines is 1. The first-order valence-electron chi connectivity index (χ1n) is 9.12. The molecular weight excluding hydrogens is 328 g/mol. The Morgan fingerprint density at radius 1 is 1.19 bits per heavy atom. The van der Waals surface area contributed by atoms with Crippen LogP contribution in [0.1, 0.15) is 36.7 Å². The van der Waals surface area contributed by atoms with Crippen LogP contribution in [0, 0.1) is 0 Å². The maximum atomic E-state index is 12.7. The molecular formula is C20H24N4O2. The van der Waals surface area contributed by atoms with E-state index in [0.29, 0.717) is 17.8 Å². The Labute approximate surface area is 153 Å². The van der Waals surface area contributed by atoms with Crippen molar-refractivity contribution in [2.75, 3.05) is 5.32 Å². The fourth-order valence-electron chi connectivity index (χ4n) is 4.21. The lowest BCUT2D eigenvalue weighted by Crippen LogP contribution is -2.43. The second-order valence-corrected chi connectivity index (χ2v) is 7.29. The van der Waals surface area contributed by atoms with E-state index in [9.17, 15) is 9.59 Å². The quantitative estimate of drug-likeness (QED) is 0.790. The lowest BCUT2D eigenvalue weighted by Gasteiger charge is -2.21. The molecule has 0 radical (unpaired) electrons. The van der Waals surface area contributed by atoms with Gasteiger partial charge in [0.1, 0.15) is 5.69 Å². The van der Waals surface area contributed by atoms with Crippen molar-refractivity contribution in [3.05, 3.63) is 42.1 Å². The highest BCUT2D eigenvalue weighted by molar-refractivity contribution is 5.94. The van der Waals surface area contributed by atoms with E-state index in [4.69, 9.17) is 0 Å². The Bertz CT molecular complexity index is 857. The second kappa shape index (κ2) is 6.61. The van der Waals surface area contributed by atoms with E-state index < -0.39 is 0 Å². The summed E-state index contributed by atoms with van der Waals surface area (Å²) in [4.78, 5) is 24.0. The number of hydrogen-bond donors (Lipinski definition) is 3. The maximum absolute atomic E-state index is 12.7. The average Bonchev–Trinajstić information content (AvgIpc) is 3.29. The molecule has 3 N–H and O–H groups in total. The number of nitrogens with zero attached hydrogens (tertiary/aromatic N) is 1. The van der Waals surface area contributed by atoms with Gasteiger partial charge in [-0.2, -0.15) is 0 Å². The molecule has 2 fully saturated rings. The van der Waals surface area contributed by atoms with E-state index in [1.165, 1.54) is 13.3 Å². The number of hydrogen-bond acceptors (Lipinski definition) is 3. The van der Waals surface area contributed by atoms with Crippen molar-refractivity contribution < 1.29 is 9.59 Å². The molecule has 26 heavy (non-hydrogen) atoms. The molecule has 2 aliphatic heterocycles. The molecule has 0 saturated carbocycles. The van der Waals surface area contributed by atoms with Crippen LogP contribution in [0.4, 0.5) is 5.69 Å². The van der Waals surface area contributed by atoms with Crippen molar-refractivity contribution in [3.63, 3.8) is 0 Å². The number of carbonyl (C=O) groups is 2. The first kappa shape index (κ1) is 16.8. The average molecular weight is 352 g/mol. The number of benzene rings is 1. The normalized spacial score (nSPS) is 23.8. The summed E-state index contributed by atoms with van der Waals surface area (Å²) in [5.41, 5.74) is 3.29. The van der Waals surface area contributed by atoms with Crippen LogP contribution in [0.3, 0.4) is 0 Å². The highest BCUT2D eigenvalue weighted by Crippen LogP contribution is 2.29. The standard InChI is InChI=1S/C20H24N4O2/c1-12(25)21-14-5-3-4-13(10-14)18-8-9-19(24(18)2)20(26)23-17-11-15-6-7-16(17)22-15/h3-5,8-10,15-17,22H,6-7,11H2,1-2H3,(H,21,25)(H,23,26)/t15-,16+,17-/m1/s1. The van der Waals surface area contributed by atoms with Gasteiger partial charge < -0.3 is 20.5 Å². The molecule has 3 atom stereocenters. The fraction of sp³-hybridized carbons (Fsp3) is 0.400. The molecule has 2 bridgehead atoms. The van der Waals surface area contributed by atoms with Gasteiger partial charge in [0.2, 0.25) is 5.91 Å². The lowest BCUT2D eigenvalue weighted by atomic mass is 9.95. The van der Waals surface area contributed by atoms with Crippen LogP contribution < -0.4 is 16.0 Å². The van der Waals surface area contributed by atoms with E-state index in [2.05, 4.69) is 16.0 Å². The highest BCUT2D eigenvalue weighted by Gasteiger charge is 2.39. The van der Waals surface area contributed by atoms with Crippen molar-refractivity contribution >= 4 is 17.5 Å². The van der Waals surface area contributed by atoms with Gasteiger partial charge in [-0.3, -0.25) is 9.59 Å². The van der Waals surface area contributed by atoms with Crippen LogP contribution in [-0.2, 0) is 11.8 Å². The molecule has 0 aliphatic carbocycles. The van der Waals surface area contributed by atoms with Gasteiger partial charge in [0, 0.05) is 49.0 Å². The van der Waals surface area contributed by atoms with Gasteiger partial charge in [-0.15, -0.1) is 0 Å². The molecule has 4 rings (SSSR count). The topological polar surface area (TPSA) is 75.2 Å². The third kappa shape index (κ3) is 3.12. The zero-order chi connectivity index (χ0) is 18.3. The Morgan fingerprint density at radius 3 is 2.73 bits per heavy atom. The zero-order valence-electron chi connectivity index (χ0n) is 15.1. The van der Waals surface area contributed by atoms with Gasteiger partial charge in [0.05, 0.1) is 0 Å². The molecule has 136 valence electrons. The molecule has 6 heteroatoms. The Balaban J connectivity index is 1.52. The number of fused-ring (bicyclic) bond motifs is 2. The van der Waals surface area contributed by atoms with Crippen molar-refractivity contribution in [1.29, 1.82) is 0 Å². The summed E-state index contributed by atoms with van der Waals surface area (Å²) in [6.45, 7) is 1.49. The van der Waals surface area contributed by atoms with Gasteiger partial charge >= 0.3 is 0 Å². The van der Waals surface area contributed by atoms with Crippen molar-refractivity contribution in [1.82, 2.24) is 15.2 Å². The third-order valence-corrected chi connectivity index (χ3v) is 5.45. The van der Waals surface area contributed by atoms with E-state index in [1.807, 2.05) is 48.0 Å². The molecule has 2 amide bonds. The van der Waals surface area contributed by atoms with Gasteiger partial charge in [-0.1, -0.05) is 12.1 Å². The van der Waals surface area contributed by atoms with Crippen molar-refractivity contribution in [2.45, 2.75) is 44.3 Å². The first-order valence-corrected chi connectivity index (χ1v) is 9.12. The molecule has 6 nitrogen and oxygen atoms in total. The van der Waals surface area contributed by atoms with Crippen LogP contribution in [0.15, 0.2) is 36.4 Å². The Kier molecular flexibility index (Phi) is 4.28. The summed E-state index contributed by atoms with van der Waals surface area (Å²) in [6.07, 6.45) is 3.38. The number of rotatable bonds is 4. The summed E-state index contributed by atoms with van der Waals surface area (Å²) in [7, 11) is 1.90. The van der Waals surface area contributed by atoms with E-state index in [1.54, 1.807) is 0 Å². The Hall–Kier alpha value is -2.60. The molecule has 2 saturated heterocycles. The number of amides is 2. The lowest BCUT2D eigenvalue weighted by molar-refractivity contribution is -0.114. The van der Waals surface area contributed by atoms with Crippen molar-refractivity contribution in [3.8, 4) is 11.3 Å². The second-order valence-electron chi connectivity index (χ2n) is 7.29. The number of carbonyl (C=O) groups excluding carboxylic acids is 2. The SMILES string of the molecule is CC(=O)Nc1cccc(-c2ccc(C(=O)N[C@@H]3C[C@H]4CC[C@@H]3N4)n2C)c1. The first-order chi connectivity index (χ1) is 12.5. The molecule has 3 heterocycles. The predicted molar refractivity (Wildman–Crippen MR) is 101 cm³/mol. The van der Waals surface area contributed by atoms with E-state index in [0.717, 1.165) is 29.8 Å². The number of aromatic nitrogens is 1. The van der Waals surface area contributed by atoms with Gasteiger partial charge in [-0.05, 0) is 43.5 Å². The largest absolute Gasteiger partial charge is 0.346 e. The minimum atomic E-state index is -0.103. The zero-order valence-corrected chi connectivity index (χ0v) is 15.1.